The smallest absolute Gasteiger partial charge is 0.223 e. The number of hydrogen-bond acceptors (Lipinski definition) is 3. The Labute approximate surface area is 121 Å². The van der Waals surface area contributed by atoms with Crippen LogP contribution in [0.2, 0.25) is 0 Å². The molecule has 20 heavy (non-hydrogen) atoms. The van der Waals surface area contributed by atoms with E-state index >= 15 is 0 Å². The molecule has 0 saturated carbocycles. The minimum Gasteiger partial charge on any atom is -0.354 e. The lowest BCUT2D eigenvalue weighted by atomic mass is 10.0. The number of anilines is 1. The van der Waals surface area contributed by atoms with Gasteiger partial charge in [-0.05, 0) is 30.9 Å². The summed E-state index contributed by atoms with van der Waals surface area (Å²) in [6, 6.07) is 10.7. The summed E-state index contributed by atoms with van der Waals surface area (Å²) in [6.45, 7) is 9.45. The fraction of sp³-hybridized carbons (Fsp3) is 0.412. The van der Waals surface area contributed by atoms with Gasteiger partial charge in [-0.25, -0.2) is 9.97 Å². The van der Waals surface area contributed by atoms with Crippen LogP contribution in [-0.2, 0) is 0 Å². The van der Waals surface area contributed by atoms with Crippen LogP contribution in [-0.4, -0.2) is 16.5 Å². The van der Waals surface area contributed by atoms with Crippen molar-refractivity contribution in [3.63, 3.8) is 0 Å². The van der Waals surface area contributed by atoms with Gasteiger partial charge in [0, 0.05) is 17.8 Å². The van der Waals surface area contributed by atoms with Crippen molar-refractivity contribution in [2.24, 2.45) is 0 Å². The number of aromatic nitrogens is 2. The molecule has 0 spiro atoms. The molecule has 0 bridgehead atoms. The fourth-order valence-electron chi connectivity index (χ4n) is 2.07. The van der Waals surface area contributed by atoms with E-state index < -0.39 is 0 Å². The van der Waals surface area contributed by atoms with Crippen LogP contribution in [0.5, 0.6) is 0 Å². The molecule has 2 rings (SSSR count). The molecular formula is C17H23N3. The third-order valence-corrected chi connectivity index (χ3v) is 3.26. The third-order valence-electron chi connectivity index (χ3n) is 3.26. The molecule has 0 aliphatic heterocycles. The second-order valence-corrected chi connectivity index (χ2v) is 5.42. The molecule has 1 aromatic carbocycles. The highest BCUT2D eigenvalue weighted by molar-refractivity contribution is 5.61. The molecule has 0 aliphatic rings. The monoisotopic (exact) mass is 269 g/mol. The summed E-state index contributed by atoms with van der Waals surface area (Å²) in [6.07, 6.45) is 1.07. The number of rotatable bonds is 5. The van der Waals surface area contributed by atoms with Gasteiger partial charge in [0.05, 0.1) is 5.69 Å². The molecule has 1 heterocycles. The highest BCUT2D eigenvalue weighted by Crippen LogP contribution is 2.22. The van der Waals surface area contributed by atoms with E-state index in [9.17, 15) is 0 Å². The molecule has 0 aliphatic carbocycles. The van der Waals surface area contributed by atoms with Crippen LogP contribution in [0.15, 0.2) is 30.3 Å². The Kier molecular flexibility index (Phi) is 4.72. The molecule has 0 amide bonds. The molecule has 106 valence electrons. The van der Waals surface area contributed by atoms with Crippen molar-refractivity contribution in [2.45, 2.75) is 40.0 Å². The zero-order valence-electron chi connectivity index (χ0n) is 12.8. The van der Waals surface area contributed by atoms with Gasteiger partial charge in [-0.3, -0.25) is 0 Å². The standard InChI is InChI=1S/C17H23N3/c1-5-10-18-17-19-13(4)11-16(20-17)15-8-6-14(7-9-15)12(2)3/h6-9,11-12H,5,10H2,1-4H3,(H,18,19,20). The molecule has 1 N–H and O–H groups in total. The first kappa shape index (κ1) is 14.5. The lowest BCUT2D eigenvalue weighted by molar-refractivity contribution is 0.867. The average Bonchev–Trinajstić information content (AvgIpc) is 2.44. The van der Waals surface area contributed by atoms with Crippen molar-refractivity contribution < 1.29 is 0 Å². The van der Waals surface area contributed by atoms with E-state index in [1.165, 1.54) is 5.56 Å². The fourth-order valence-corrected chi connectivity index (χ4v) is 2.07. The summed E-state index contributed by atoms with van der Waals surface area (Å²) in [4.78, 5) is 9.01. The quantitative estimate of drug-likeness (QED) is 0.874. The Morgan fingerprint density at radius 2 is 1.80 bits per heavy atom. The maximum Gasteiger partial charge on any atom is 0.223 e. The Morgan fingerprint density at radius 1 is 1.10 bits per heavy atom. The van der Waals surface area contributed by atoms with Crippen molar-refractivity contribution in [2.75, 3.05) is 11.9 Å². The summed E-state index contributed by atoms with van der Waals surface area (Å²) in [7, 11) is 0. The number of aryl methyl sites for hydroxylation is 1. The number of hydrogen-bond donors (Lipinski definition) is 1. The zero-order valence-corrected chi connectivity index (χ0v) is 12.8. The van der Waals surface area contributed by atoms with Crippen LogP contribution in [0.1, 0.15) is 44.4 Å². The Hall–Kier alpha value is -1.90. The molecule has 0 fully saturated rings. The first-order chi connectivity index (χ1) is 9.60. The van der Waals surface area contributed by atoms with E-state index in [-0.39, 0.29) is 0 Å². The maximum absolute atomic E-state index is 4.59. The molecule has 0 atom stereocenters. The van der Waals surface area contributed by atoms with Gasteiger partial charge in [-0.1, -0.05) is 45.0 Å². The predicted molar refractivity (Wildman–Crippen MR) is 85.1 cm³/mol. The molecular weight excluding hydrogens is 246 g/mol. The Bertz CT molecular complexity index is 559. The van der Waals surface area contributed by atoms with Gasteiger partial charge >= 0.3 is 0 Å². The van der Waals surface area contributed by atoms with E-state index in [0.717, 1.165) is 35.9 Å². The van der Waals surface area contributed by atoms with E-state index in [4.69, 9.17) is 0 Å². The summed E-state index contributed by atoms with van der Waals surface area (Å²) < 4.78 is 0. The Morgan fingerprint density at radius 3 is 2.40 bits per heavy atom. The SMILES string of the molecule is CCCNc1nc(C)cc(-c2ccc(C(C)C)cc2)n1. The predicted octanol–water partition coefficient (Wildman–Crippen LogP) is 4.40. The van der Waals surface area contributed by atoms with Gasteiger partial charge in [-0.15, -0.1) is 0 Å². The molecule has 0 unspecified atom stereocenters. The van der Waals surface area contributed by atoms with Crippen LogP contribution in [0, 0.1) is 6.92 Å². The van der Waals surface area contributed by atoms with Crippen molar-refractivity contribution in [1.82, 2.24) is 9.97 Å². The van der Waals surface area contributed by atoms with Crippen LogP contribution in [0.4, 0.5) is 5.95 Å². The number of nitrogens with one attached hydrogen (secondary N) is 1. The van der Waals surface area contributed by atoms with Crippen LogP contribution in [0.25, 0.3) is 11.3 Å². The van der Waals surface area contributed by atoms with Crippen molar-refractivity contribution in [3.05, 3.63) is 41.6 Å². The van der Waals surface area contributed by atoms with Crippen LogP contribution < -0.4 is 5.32 Å². The van der Waals surface area contributed by atoms with Crippen molar-refractivity contribution in [1.29, 1.82) is 0 Å². The minimum absolute atomic E-state index is 0.554. The summed E-state index contributed by atoms with van der Waals surface area (Å²) in [5, 5.41) is 3.25. The minimum atomic E-state index is 0.554. The largest absolute Gasteiger partial charge is 0.354 e. The lowest BCUT2D eigenvalue weighted by Gasteiger charge is -2.09. The van der Waals surface area contributed by atoms with Crippen molar-refractivity contribution >= 4 is 5.95 Å². The number of nitrogens with zero attached hydrogens (tertiary/aromatic N) is 2. The molecule has 3 nitrogen and oxygen atoms in total. The van der Waals surface area contributed by atoms with Crippen molar-refractivity contribution in [3.8, 4) is 11.3 Å². The molecule has 1 aromatic heterocycles. The topological polar surface area (TPSA) is 37.8 Å². The molecule has 0 saturated heterocycles. The second kappa shape index (κ2) is 6.51. The number of benzene rings is 1. The third kappa shape index (κ3) is 3.56. The normalized spacial score (nSPS) is 10.8. The second-order valence-electron chi connectivity index (χ2n) is 5.42. The van der Waals surface area contributed by atoms with E-state index in [1.807, 2.05) is 13.0 Å². The molecule has 0 radical (unpaired) electrons. The van der Waals surface area contributed by atoms with Crippen LogP contribution >= 0.6 is 0 Å². The van der Waals surface area contributed by atoms with E-state index in [1.54, 1.807) is 0 Å². The van der Waals surface area contributed by atoms with Crippen LogP contribution in [0.3, 0.4) is 0 Å². The summed E-state index contributed by atoms with van der Waals surface area (Å²) >= 11 is 0. The van der Waals surface area contributed by atoms with Gasteiger partial charge in [0.15, 0.2) is 0 Å². The maximum atomic E-state index is 4.59. The first-order valence-electron chi connectivity index (χ1n) is 7.30. The van der Waals surface area contributed by atoms with Gasteiger partial charge in [0.25, 0.3) is 0 Å². The highest BCUT2D eigenvalue weighted by Gasteiger charge is 2.05. The van der Waals surface area contributed by atoms with E-state index in [2.05, 4.69) is 60.3 Å². The zero-order chi connectivity index (χ0) is 14.5. The highest BCUT2D eigenvalue weighted by atomic mass is 15.1. The van der Waals surface area contributed by atoms with Gasteiger partial charge in [-0.2, -0.15) is 0 Å². The van der Waals surface area contributed by atoms with Gasteiger partial charge < -0.3 is 5.32 Å². The summed E-state index contributed by atoms with van der Waals surface area (Å²) in [5.74, 6) is 1.27. The van der Waals surface area contributed by atoms with E-state index in [0.29, 0.717) is 5.92 Å². The molecule has 2 aromatic rings. The summed E-state index contributed by atoms with van der Waals surface area (Å²) in [5.41, 5.74) is 4.45. The lowest BCUT2D eigenvalue weighted by Crippen LogP contribution is -2.05. The average molecular weight is 269 g/mol. The molecule has 3 heteroatoms. The first-order valence-corrected chi connectivity index (χ1v) is 7.30. The Balaban J connectivity index is 2.29. The van der Waals surface area contributed by atoms with Gasteiger partial charge in [0.1, 0.15) is 0 Å². The van der Waals surface area contributed by atoms with Gasteiger partial charge in [0.2, 0.25) is 5.95 Å².